The van der Waals surface area contributed by atoms with E-state index >= 15 is 0 Å². The first-order chi connectivity index (χ1) is 8.81. The molecule has 0 spiro atoms. The molecular formula is C13H19F3N2O. The lowest BCUT2D eigenvalue weighted by Crippen LogP contribution is -2.36. The molecule has 19 heavy (non-hydrogen) atoms. The topological polar surface area (TPSA) is 38.5 Å². The number of halogens is 3. The minimum absolute atomic E-state index is 0.0361. The molecular weight excluding hydrogens is 257 g/mol. The third-order valence-corrected chi connectivity index (χ3v) is 2.94. The molecule has 1 atom stereocenters. The smallest absolute Gasteiger partial charge is 0.397 e. The highest BCUT2D eigenvalue weighted by molar-refractivity contribution is 5.69. The number of hydrogen-bond acceptors (Lipinski definition) is 3. The highest BCUT2D eigenvalue weighted by Gasteiger charge is 2.31. The van der Waals surface area contributed by atoms with E-state index in [0.29, 0.717) is 18.8 Å². The highest BCUT2D eigenvalue weighted by atomic mass is 19.4. The number of benzene rings is 1. The molecule has 0 aromatic heterocycles. The van der Waals surface area contributed by atoms with Crippen LogP contribution in [0.2, 0.25) is 0 Å². The molecule has 0 saturated carbocycles. The molecule has 1 rings (SSSR count). The number of likely N-dealkylation sites (N-methyl/N-ethyl adjacent to an activating group) is 1. The summed E-state index contributed by atoms with van der Waals surface area (Å²) in [5, 5.41) is 0. The van der Waals surface area contributed by atoms with Crippen LogP contribution < -0.4 is 10.6 Å². The van der Waals surface area contributed by atoms with Crippen LogP contribution in [-0.4, -0.2) is 26.3 Å². The zero-order valence-corrected chi connectivity index (χ0v) is 11.3. The van der Waals surface area contributed by atoms with E-state index < -0.39 is 11.7 Å². The Bertz CT molecular complexity index is 421. The van der Waals surface area contributed by atoms with Crippen LogP contribution in [0.1, 0.15) is 19.4 Å². The fraction of sp³-hybridized carbons (Fsp3) is 0.538. The molecule has 0 radical (unpaired) electrons. The van der Waals surface area contributed by atoms with Crippen molar-refractivity contribution in [3.63, 3.8) is 0 Å². The lowest BCUT2D eigenvalue weighted by atomic mass is 10.1. The third-order valence-electron chi connectivity index (χ3n) is 2.94. The van der Waals surface area contributed by atoms with E-state index in [2.05, 4.69) is 0 Å². The third kappa shape index (κ3) is 3.76. The number of methoxy groups -OCH3 is 1. The molecule has 0 bridgehead atoms. The van der Waals surface area contributed by atoms with Crippen molar-refractivity contribution in [2.24, 2.45) is 0 Å². The summed E-state index contributed by atoms with van der Waals surface area (Å²) in [5.74, 6) is 0. The van der Waals surface area contributed by atoms with Crippen LogP contribution in [-0.2, 0) is 10.9 Å². The summed E-state index contributed by atoms with van der Waals surface area (Å²) < 4.78 is 42.8. The summed E-state index contributed by atoms with van der Waals surface area (Å²) in [4.78, 5) is 1.92. The summed E-state index contributed by atoms with van der Waals surface area (Å²) in [7, 11) is 1.58. The van der Waals surface area contributed by atoms with Crippen LogP contribution in [0.15, 0.2) is 18.2 Å². The van der Waals surface area contributed by atoms with Crippen molar-refractivity contribution < 1.29 is 17.9 Å². The Hall–Kier alpha value is -1.43. The molecule has 108 valence electrons. The van der Waals surface area contributed by atoms with E-state index in [0.717, 1.165) is 12.1 Å². The highest BCUT2D eigenvalue weighted by Crippen LogP contribution is 2.34. The average molecular weight is 276 g/mol. The number of hydrogen-bond donors (Lipinski definition) is 1. The van der Waals surface area contributed by atoms with Crippen molar-refractivity contribution in [3.8, 4) is 0 Å². The minimum Gasteiger partial charge on any atom is -0.397 e. The number of anilines is 2. The minimum atomic E-state index is -4.37. The van der Waals surface area contributed by atoms with Crippen LogP contribution in [0.4, 0.5) is 24.5 Å². The van der Waals surface area contributed by atoms with E-state index in [1.807, 2.05) is 18.7 Å². The first-order valence-corrected chi connectivity index (χ1v) is 6.03. The van der Waals surface area contributed by atoms with Gasteiger partial charge in [0.1, 0.15) is 0 Å². The van der Waals surface area contributed by atoms with Gasteiger partial charge in [0.05, 0.1) is 23.5 Å². The Labute approximate surface area is 111 Å². The molecule has 1 aromatic carbocycles. The molecule has 1 aromatic rings. The predicted octanol–water partition coefficient (Wildman–Crippen LogP) is 3.15. The quantitative estimate of drug-likeness (QED) is 0.840. The predicted molar refractivity (Wildman–Crippen MR) is 70.2 cm³/mol. The van der Waals surface area contributed by atoms with Gasteiger partial charge in [0, 0.05) is 19.7 Å². The number of nitrogens with zero attached hydrogens (tertiary/aromatic N) is 1. The van der Waals surface area contributed by atoms with Gasteiger partial charge in [-0.1, -0.05) is 0 Å². The molecule has 0 aliphatic rings. The van der Waals surface area contributed by atoms with Crippen LogP contribution in [0.5, 0.6) is 0 Å². The van der Waals surface area contributed by atoms with Crippen molar-refractivity contribution in [2.75, 3.05) is 30.9 Å². The average Bonchev–Trinajstić information content (AvgIpc) is 2.31. The Morgan fingerprint density at radius 3 is 2.42 bits per heavy atom. The molecule has 1 unspecified atom stereocenters. The van der Waals surface area contributed by atoms with Crippen molar-refractivity contribution >= 4 is 11.4 Å². The molecule has 0 amide bonds. The monoisotopic (exact) mass is 276 g/mol. The lowest BCUT2D eigenvalue weighted by Gasteiger charge is -2.31. The van der Waals surface area contributed by atoms with Crippen LogP contribution in [0, 0.1) is 0 Å². The molecule has 0 saturated heterocycles. The molecule has 0 fully saturated rings. The van der Waals surface area contributed by atoms with Gasteiger partial charge in [-0.3, -0.25) is 0 Å². The molecule has 2 N–H and O–H groups in total. The second-order valence-electron chi connectivity index (χ2n) is 4.36. The van der Waals surface area contributed by atoms with Crippen molar-refractivity contribution in [1.82, 2.24) is 0 Å². The zero-order chi connectivity index (χ0) is 14.6. The van der Waals surface area contributed by atoms with Crippen molar-refractivity contribution in [3.05, 3.63) is 23.8 Å². The van der Waals surface area contributed by atoms with Gasteiger partial charge in [-0.05, 0) is 32.0 Å². The van der Waals surface area contributed by atoms with E-state index in [1.54, 1.807) is 7.11 Å². The van der Waals surface area contributed by atoms with E-state index in [4.69, 9.17) is 10.5 Å². The first kappa shape index (κ1) is 15.6. The van der Waals surface area contributed by atoms with E-state index in [9.17, 15) is 13.2 Å². The lowest BCUT2D eigenvalue weighted by molar-refractivity contribution is -0.137. The van der Waals surface area contributed by atoms with Gasteiger partial charge in [-0.15, -0.1) is 0 Å². The van der Waals surface area contributed by atoms with Gasteiger partial charge in [0.15, 0.2) is 0 Å². The number of rotatable bonds is 5. The van der Waals surface area contributed by atoms with Crippen LogP contribution in [0.25, 0.3) is 0 Å². The van der Waals surface area contributed by atoms with E-state index in [-0.39, 0.29) is 11.7 Å². The zero-order valence-electron chi connectivity index (χ0n) is 11.3. The van der Waals surface area contributed by atoms with Crippen LogP contribution in [0.3, 0.4) is 0 Å². The largest absolute Gasteiger partial charge is 0.416 e. The molecule has 0 heterocycles. The maximum atomic E-state index is 12.6. The maximum Gasteiger partial charge on any atom is 0.416 e. The number of nitrogens with two attached hydrogens (primary N) is 1. The van der Waals surface area contributed by atoms with Gasteiger partial charge in [0.2, 0.25) is 0 Å². The fourth-order valence-corrected chi connectivity index (χ4v) is 2.04. The number of ether oxygens (including phenoxy) is 1. The molecule has 0 aliphatic heterocycles. The van der Waals surface area contributed by atoms with Gasteiger partial charge in [0.25, 0.3) is 0 Å². The Morgan fingerprint density at radius 2 is 2.00 bits per heavy atom. The Balaban J connectivity index is 3.06. The molecule has 3 nitrogen and oxygen atoms in total. The second-order valence-corrected chi connectivity index (χ2v) is 4.36. The number of nitrogen functional groups attached to an aromatic ring is 1. The van der Waals surface area contributed by atoms with Gasteiger partial charge < -0.3 is 15.4 Å². The van der Waals surface area contributed by atoms with Crippen molar-refractivity contribution in [2.45, 2.75) is 26.1 Å². The van der Waals surface area contributed by atoms with Gasteiger partial charge in [-0.25, -0.2) is 0 Å². The molecule has 6 heteroatoms. The maximum absolute atomic E-state index is 12.6. The fourth-order valence-electron chi connectivity index (χ4n) is 2.04. The summed E-state index contributed by atoms with van der Waals surface area (Å²) in [5.41, 5.74) is 5.74. The summed E-state index contributed by atoms with van der Waals surface area (Å²) in [6, 6.07) is 3.47. The van der Waals surface area contributed by atoms with E-state index in [1.165, 1.54) is 6.07 Å². The van der Waals surface area contributed by atoms with Crippen molar-refractivity contribution in [1.29, 1.82) is 0 Å². The molecule has 0 aliphatic carbocycles. The number of alkyl halides is 3. The SMILES string of the molecule is CCN(c1ccc(C(F)(F)F)cc1N)C(C)COC. The Kier molecular flexibility index (Phi) is 5.05. The van der Waals surface area contributed by atoms with Gasteiger partial charge >= 0.3 is 6.18 Å². The Morgan fingerprint density at radius 1 is 1.37 bits per heavy atom. The summed E-state index contributed by atoms with van der Waals surface area (Å²) >= 11 is 0. The standard InChI is InChI=1S/C13H19F3N2O/c1-4-18(9(2)8-19-3)12-6-5-10(7-11(12)17)13(14,15)16/h5-7,9H,4,8,17H2,1-3H3. The first-order valence-electron chi connectivity index (χ1n) is 6.03. The van der Waals surface area contributed by atoms with Gasteiger partial charge in [-0.2, -0.15) is 13.2 Å². The summed E-state index contributed by atoms with van der Waals surface area (Å²) in [6.45, 7) is 4.97. The summed E-state index contributed by atoms with van der Waals surface area (Å²) in [6.07, 6.45) is -4.37. The normalized spacial score (nSPS) is 13.4. The van der Waals surface area contributed by atoms with Crippen LogP contribution >= 0.6 is 0 Å². The second kappa shape index (κ2) is 6.14.